The van der Waals surface area contributed by atoms with Crippen LogP contribution in [0.15, 0.2) is 48.8 Å². The first-order valence-corrected chi connectivity index (χ1v) is 7.59. The number of nitrogens with zero attached hydrogens (tertiary/aromatic N) is 3. The van der Waals surface area contributed by atoms with Gasteiger partial charge < -0.3 is 14.6 Å². The van der Waals surface area contributed by atoms with Gasteiger partial charge in [-0.25, -0.2) is 4.98 Å². The Bertz CT molecular complexity index is 857. The summed E-state index contributed by atoms with van der Waals surface area (Å²) in [5.41, 5.74) is 3.20. The van der Waals surface area contributed by atoms with Gasteiger partial charge in [0.1, 0.15) is 5.65 Å². The average Bonchev–Trinajstić information content (AvgIpc) is 2.94. The first-order chi connectivity index (χ1) is 11.0. The Labute approximate surface area is 139 Å². The lowest BCUT2D eigenvalue weighted by atomic mass is 10.2. The van der Waals surface area contributed by atoms with Crippen LogP contribution in [-0.4, -0.2) is 29.4 Å². The van der Waals surface area contributed by atoms with Crippen molar-refractivity contribution in [2.75, 3.05) is 19.0 Å². The minimum absolute atomic E-state index is 0.121. The Morgan fingerprint density at radius 1 is 1.26 bits per heavy atom. The molecule has 0 unspecified atom stereocenters. The highest BCUT2D eigenvalue weighted by Gasteiger charge is 2.08. The van der Waals surface area contributed by atoms with Crippen LogP contribution in [-0.2, 0) is 6.54 Å². The van der Waals surface area contributed by atoms with Crippen molar-refractivity contribution in [3.05, 3.63) is 65.1 Å². The number of halogens is 1. The Morgan fingerprint density at radius 3 is 2.87 bits per heavy atom. The molecule has 2 aromatic heterocycles. The summed E-state index contributed by atoms with van der Waals surface area (Å²) in [5.74, 6) is -0.121. The third kappa shape index (κ3) is 3.46. The van der Waals surface area contributed by atoms with Crippen molar-refractivity contribution in [2.24, 2.45) is 0 Å². The smallest absolute Gasteiger partial charge is 0.251 e. The molecule has 5 nitrogen and oxygen atoms in total. The van der Waals surface area contributed by atoms with E-state index >= 15 is 0 Å². The molecule has 0 radical (unpaired) electrons. The van der Waals surface area contributed by atoms with Crippen molar-refractivity contribution in [1.29, 1.82) is 0 Å². The van der Waals surface area contributed by atoms with Crippen LogP contribution in [0.3, 0.4) is 0 Å². The molecular formula is C17H17ClN4O. The Kier molecular flexibility index (Phi) is 4.21. The fourth-order valence-electron chi connectivity index (χ4n) is 2.30. The first-order valence-electron chi connectivity index (χ1n) is 7.21. The van der Waals surface area contributed by atoms with Crippen molar-refractivity contribution < 1.29 is 4.79 Å². The van der Waals surface area contributed by atoms with E-state index in [1.165, 1.54) is 0 Å². The zero-order chi connectivity index (χ0) is 16.4. The van der Waals surface area contributed by atoms with Crippen LogP contribution in [0.1, 0.15) is 16.1 Å². The minimum Gasteiger partial charge on any atom is -0.378 e. The zero-order valence-corrected chi connectivity index (χ0v) is 13.7. The van der Waals surface area contributed by atoms with Crippen LogP contribution in [0.5, 0.6) is 0 Å². The Balaban J connectivity index is 1.71. The van der Waals surface area contributed by atoms with E-state index < -0.39 is 0 Å². The Morgan fingerprint density at radius 2 is 2.09 bits per heavy atom. The highest BCUT2D eigenvalue weighted by molar-refractivity contribution is 6.30. The lowest BCUT2D eigenvalue weighted by molar-refractivity contribution is 0.0950. The lowest BCUT2D eigenvalue weighted by Crippen LogP contribution is -2.23. The molecule has 1 amide bonds. The minimum atomic E-state index is -0.121. The van der Waals surface area contributed by atoms with Crippen molar-refractivity contribution in [1.82, 2.24) is 14.7 Å². The van der Waals surface area contributed by atoms with Gasteiger partial charge >= 0.3 is 0 Å². The average molecular weight is 329 g/mol. The molecule has 1 aromatic carbocycles. The lowest BCUT2D eigenvalue weighted by Gasteiger charge is -2.13. The van der Waals surface area contributed by atoms with E-state index in [0.717, 1.165) is 17.0 Å². The number of rotatable bonds is 4. The number of benzene rings is 1. The van der Waals surface area contributed by atoms with Gasteiger partial charge in [-0.2, -0.15) is 0 Å². The largest absolute Gasteiger partial charge is 0.378 e. The third-order valence-corrected chi connectivity index (χ3v) is 3.74. The molecule has 0 aliphatic carbocycles. The number of carbonyl (C=O) groups is 1. The van der Waals surface area contributed by atoms with Crippen LogP contribution in [0.25, 0.3) is 5.65 Å². The molecule has 3 aromatic rings. The number of aromatic nitrogens is 2. The molecule has 6 heteroatoms. The highest BCUT2D eigenvalue weighted by atomic mass is 35.5. The standard InChI is InChI=1S/C17H17ClN4O/c1-21(2)15-5-3-4-12(8-15)17(23)19-9-14-11-22-10-13(18)6-7-16(22)20-14/h3-8,10-11H,9H2,1-2H3,(H,19,23). The van der Waals surface area contributed by atoms with E-state index in [4.69, 9.17) is 11.6 Å². The predicted octanol–water partition coefficient (Wildman–Crippen LogP) is 2.98. The second-order valence-electron chi connectivity index (χ2n) is 5.47. The zero-order valence-electron chi connectivity index (χ0n) is 13.0. The number of carbonyl (C=O) groups excluding carboxylic acids is 1. The quantitative estimate of drug-likeness (QED) is 0.801. The monoisotopic (exact) mass is 328 g/mol. The van der Waals surface area contributed by atoms with Crippen molar-refractivity contribution in [3.63, 3.8) is 0 Å². The molecule has 0 atom stereocenters. The van der Waals surface area contributed by atoms with E-state index in [1.807, 2.05) is 53.9 Å². The van der Waals surface area contributed by atoms with Crippen LogP contribution in [0.2, 0.25) is 5.02 Å². The van der Waals surface area contributed by atoms with Gasteiger partial charge in [0.15, 0.2) is 0 Å². The van der Waals surface area contributed by atoms with Crippen LogP contribution < -0.4 is 10.2 Å². The molecule has 118 valence electrons. The van der Waals surface area contributed by atoms with Crippen LogP contribution in [0, 0.1) is 0 Å². The van der Waals surface area contributed by atoms with Crippen molar-refractivity contribution >= 4 is 28.8 Å². The number of imidazole rings is 1. The number of nitrogens with one attached hydrogen (secondary N) is 1. The SMILES string of the molecule is CN(C)c1cccc(C(=O)NCc2cn3cc(Cl)ccc3n2)c1. The van der Waals surface area contributed by atoms with Gasteiger partial charge in [0.05, 0.1) is 17.3 Å². The number of hydrogen-bond acceptors (Lipinski definition) is 3. The molecule has 0 fully saturated rings. The molecule has 1 N–H and O–H groups in total. The molecule has 0 aliphatic rings. The molecule has 3 rings (SSSR count). The maximum Gasteiger partial charge on any atom is 0.251 e. The second-order valence-corrected chi connectivity index (χ2v) is 5.91. The topological polar surface area (TPSA) is 49.6 Å². The van der Waals surface area contributed by atoms with Crippen molar-refractivity contribution in [3.8, 4) is 0 Å². The van der Waals surface area contributed by atoms with E-state index in [9.17, 15) is 4.79 Å². The summed E-state index contributed by atoms with van der Waals surface area (Å²) in [7, 11) is 3.89. The molecule has 23 heavy (non-hydrogen) atoms. The summed E-state index contributed by atoms with van der Waals surface area (Å²) in [6.07, 6.45) is 3.65. The summed E-state index contributed by atoms with van der Waals surface area (Å²) in [6.45, 7) is 0.365. The van der Waals surface area contributed by atoms with Gasteiger partial charge in [0, 0.05) is 37.7 Å². The first kappa shape index (κ1) is 15.4. The summed E-state index contributed by atoms with van der Waals surface area (Å²) < 4.78 is 1.84. The van der Waals surface area contributed by atoms with Gasteiger partial charge in [-0.1, -0.05) is 17.7 Å². The number of fused-ring (bicyclic) bond motifs is 1. The number of amides is 1. The molecule has 0 bridgehead atoms. The second kappa shape index (κ2) is 6.30. The van der Waals surface area contributed by atoms with Gasteiger partial charge in [-0.05, 0) is 30.3 Å². The number of hydrogen-bond donors (Lipinski definition) is 1. The van der Waals surface area contributed by atoms with E-state index in [1.54, 1.807) is 18.3 Å². The van der Waals surface area contributed by atoms with Gasteiger partial charge in [-0.3, -0.25) is 4.79 Å². The normalized spacial score (nSPS) is 10.7. The molecular weight excluding hydrogens is 312 g/mol. The predicted molar refractivity (Wildman–Crippen MR) is 92.1 cm³/mol. The van der Waals surface area contributed by atoms with E-state index in [2.05, 4.69) is 10.3 Å². The summed E-state index contributed by atoms with van der Waals surface area (Å²) in [5, 5.41) is 3.54. The fraction of sp³-hybridized carbons (Fsp3) is 0.176. The molecule has 0 saturated carbocycles. The molecule has 2 heterocycles. The van der Waals surface area contributed by atoms with E-state index in [0.29, 0.717) is 17.1 Å². The third-order valence-electron chi connectivity index (χ3n) is 3.52. The summed E-state index contributed by atoms with van der Waals surface area (Å²) in [6, 6.07) is 11.1. The van der Waals surface area contributed by atoms with Crippen LogP contribution >= 0.6 is 11.6 Å². The van der Waals surface area contributed by atoms with Gasteiger partial charge in [-0.15, -0.1) is 0 Å². The number of anilines is 1. The number of pyridine rings is 1. The van der Waals surface area contributed by atoms with Gasteiger partial charge in [0.25, 0.3) is 5.91 Å². The maximum absolute atomic E-state index is 12.3. The van der Waals surface area contributed by atoms with Gasteiger partial charge in [0.2, 0.25) is 0 Å². The summed E-state index contributed by atoms with van der Waals surface area (Å²) in [4.78, 5) is 18.7. The summed E-state index contributed by atoms with van der Waals surface area (Å²) >= 11 is 5.95. The fourth-order valence-corrected chi connectivity index (χ4v) is 2.47. The molecule has 0 saturated heterocycles. The van der Waals surface area contributed by atoms with Crippen LogP contribution in [0.4, 0.5) is 5.69 Å². The molecule has 0 spiro atoms. The Hall–Kier alpha value is -2.53. The molecule has 0 aliphatic heterocycles. The van der Waals surface area contributed by atoms with Crippen molar-refractivity contribution in [2.45, 2.75) is 6.54 Å². The maximum atomic E-state index is 12.3. The highest BCUT2D eigenvalue weighted by Crippen LogP contribution is 2.14. The van der Waals surface area contributed by atoms with E-state index in [-0.39, 0.29) is 5.91 Å².